The molecular weight excluding hydrogens is 345 g/mol. The average molecular weight is 365 g/mol. The minimum absolute atomic E-state index is 0.439. The van der Waals surface area contributed by atoms with Crippen LogP contribution < -0.4 is 5.32 Å². The molecule has 0 spiro atoms. The van der Waals surface area contributed by atoms with Crippen molar-refractivity contribution in [2.24, 2.45) is 0 Å². The van der Waals surface area contributed by atoms with E-state index in [0.29, 0.717) is 22.7 Å². The van der Waals surface area contributed by atoms with Gasteiger partial charge < -0.3 is 10.2 Å². The number of rotatable bonds is 4. The van der Waals surface area contributed by atoms with Gasteiger partial charge in [-0.2, -0.15) is 13.2 Å². The molecule has 1 aliphatic rings. The normalized spacial score (nSPS) is 20.5. The summed E-state index contributed by atoms with van der Waals surface area (Å²) in [5.74, 6) is 0. The van der Waals surface area contributed by atoms with E-state index in [-0.39, 0.29) is 0 Å². The molecule has 0 amide bonds. The Morgan fingerprint density at radius 3 is 2.71 bits per heavy atom. The maximum atomic E-state index is 12.8. The summed E-state index contributed by atoms with van der Waals surface area (Å²) in [6, 6.07) is 4.47. The van der Waals surface area contributed by atoms with Crippen LogP contribution >= 0.6 is 15.9 Å². The summed E-state index contributed by atoms with van der Waals surface area (Å²) in [6.45, 7) is 1.79. The second-order valence-electron chi connectivity index (χ2n) is 5.57. The third kappa shape index (κ3) is 4.88. The number of likely N-dealkylation sites (tertiary alicyclic amines) is 1. The fourth-order valence-electron chi connectivity index (χ4n) is 2.75. The summed E-state index contributed by atoms with van der Waals surface area (Å²) in [4.78, 5) is 2.34. The number of piperidine rings is 1. The number of benzene rings is 1. The Balaban J connectivity index is 1.92. The van der Waals surface area contributed by atoms with Gasteiger partial charge in [-0.1, -0.05) is 22.4 Å². The Bertz CT molecular complexity index is 476. The quantitative estimate of drug-likeness (QED) is 0.828. The second-order valence-corrected chi connectivity index (χ2v) is 6.49. The van der Waals surface area contributed by atoms with Gasteiger partial charge >= 0.3 is 6.18 Å². The van der Waals surface area contributed by atoms with E-state index in [4.69, 9.17) is 0 Å². The van der Waals surface area contributed by atoms with Gasteiger partial charge in [0.05, 0.1) is 5.56 Å². The second kappa shape index (κ2) is 7.01. The third-order valence-corrected chi connectivity index (χ3v) is 4.41. The summed E-state index contributed by atoms with van der Waals surface area (Å²) >= 11 is 3.14. The van der Waals surface area contributed by atoms with E-state index >= 15 is 0 Å². The Morgan fingerprint density at radius 2 is 2.05 bits per heavy atom. The minimum Gasteiger partial charge on any atom is -0.385 e. The van der Waals surface area contributed by atoms with Crippen LogP contribution in [-0.2, 0) is 6.18 Å². The molecule has 0 aliphatic carbocycles. The highest BCUT2D eigenvalue weighted by molar-refractivity contribution is 9.10. The van der Waals surface area contributed by atoms with Crippen molar-refractivity contribution in [3.8, 4) is 0 Å². The molecule has 2 rings (SSSR count). The van der Waals surface area contributed by atoms with Crippen molar-refractivity contribution in [1.29, 1.82) is 0 Å². The molecule has 0 aromatic heterocycles. The van der Waals surface area contributed by atoms with Crippen LogP contribution in [0.3, 0.4) is 0 Å². The Labute approximate surface area is 131 Å². The summed E-state index contributed by atoms with van der Waals surface area (Å²) in [5.41, 5.74) is -0.121. The fourth-order valence-corrected chi connectivity index (χ4v) is 3.24. The van der Waals surface area contributed by atoms with Crippen LogP contribution in [-0.4, -0.2) is 31.1 Å². The highest BCUT2D eigenvalue weighted by Crippen LogP contribution is 2.33. The van der Waals surface area contributed by atoms with Gasteiger partial charge in [0.2, 0.25) is 0 Å². The molecule has 1 N–H and O–H groups in total. The van der Waals surface area contributed by atoms with Crippen molar-refractivity contribution in [3.05, 3.63) is 28.2 Å². The zero-order valence-electron chi connectivity index (χ0n) is 12.0. The first-order valence-corrected chi connectivity index (χ1v) is 7.97. The fraction of sp³-hybridized carbons (Fsp3) is 0.600. The smallest absolute Gasteiger partial charge is 0.385 e. The largest absolute Gasteiger partial charge is 0.416 e. The predicted octanol–water partition coefficient (Wildman–Crippen LogP) is 4.75. The van der Waals surface area contributed by atoms with Crippen LogP contribution in [0.5, 0.6) is 0 Å². The number of anilines is 1. The molecule has 1 fully saturated rings. The Kier molecular flexibility index (Phi) is 5.54. The molecule has 118 valence electrons. The van der Waals surface area contributed by atoms with Gasteiger partial charge in [-0.3, -0.25) is 0 Å². The number of nitrogens with one attached hydrogen (secondary N) is 1. The van der Waals surface area contributed by atoms with E-state index in [0.717, 1.165) is 25.1 Å². The van der Waals surface area contributed by atoms with Gasteiger partial charge in [-0.05, 0) is 51.1 Å². The number of nitrogens with zero attached hydrogens (tertiary/aromatic N) is 1. The van der Waals surface area contributed by atoms with Crippen molar-refractivity contribution >= 4 is 21.6 Å². The molecule has 1 unspecified atom stereocenters. The molecular formula is C15H20BrF3N2. The van der Waals surface area contributed by atoms with Crippen LogP contribution in [0.4, 0.5) is 18.9 Å². The van der Waals surface area contributed by atoms with Crippen LogP contribution in [0, 0.1) is 0 Å². The number of hydrogen-bond acceptors (Lipinski definition) is 2. The number of hydrogen-bond donors (Lipinski definition) is 1. The lowest BCUT2D eigenvalue weighted by Crippen LogP contribution is -2.37. The molecule has 21 heavy (non-hydrogen) atoms. The van der Waals surface area contributed by atoms with E-state index in [2.05, 4.69) is 33.2 Å². The predicted molar refractivity (Wildman–Crippen MR) is 82.5 cm³/mol. The summed E-state index contributed by atoms with van der Waals surface area (Å²) in [7, 11) is 2.12. The van der Waals surface area contributed by atoms with E-state index in [1.165, 1.54) is 19.3 Å². The van der Waals surface area contributed by atoms with Crippen molar-refractivity contribution < 1.29 is 13.2 Å². The Hall–Kier alpha value is -0.750. The van der Waals surface area contributed by atoms with E-state index < -0.39 is 11.7 Å². The van der Waals surface area contributed by atoms with Gasteiger partial charge in [0.1, 0.15) is 0 Å². The van der Waals surface area contributed by atoms with Crippen molar-refractivity contribution in [3.63, 3.8) is 0 Å². The molecule has 1 atom stereocenters. The molecule has 6 heteroatoms. The van der Waals surface area contributed by atoms with E-state index in [1.54, 1.807) is 6.07 Å². The molecule has 1 saturated heterocycles. The highest BCUT2D eigenvalue weighted by atomic mass is 79.9. The number of alkyl halides is 3. The van der Waals surface area contributed by atoms with E-state index in [1.807, 2.05) is 0 Å². The first kappa shape index (κ1) is 16.6. The zero-order valence-corrected chi connectivity index (χ0v) is 13.6. The van der Waals surface area contributed by atoms with Crippen LogP contribution in [0.15, 0.2) is 22.7 Å². The van der Waals surface area contributed by atoms with Crippen molar-refractivity contribution in [1.82, 2.24) is 4.90 Å². The molecule has 0 radical (unpaired) electrons. The van der Waals surface area contributed by atoms with Crippen LogP contribution in [0.1, 0.15) is 31.2 Å². The summed E-state index contributed by atoms with van der Waals surface area (Å²) in [6.07, 6.45) is 0.281. The van der Waals surface area contributed by atoms with Gasteiger partial charge in [0.25, 0.3) is 0 Å². The first-order valence-electron chi connectivity index (χ1n) is 7.18. The summed E-state index contributed by atoms with van der Waals surface area (Å²) < 4.78 is 38.7. The van der Waals surface area contributed by atoms with Crippen molar-refractivity contribution in [2.45, 2.75) is 37.9 Å². The average Bonchev–Trinajstić information content (AvgIpc) is 2.39. The van der Waals surface area contributed by atoms with Gasteiger partial charge in [0, 0.05) is 22.7 Å². The number of halogens is 4. The van der Waals surface area contributed by atoms with Gasteiger partial charge in [0.15, 0.2) is 0 Å². The summed E-state index contributed by atoms with van der Waals surface area (Å²) in [5, 5.41) is 3.11. The molecule has 1 aliphatic heterocycles. The SMILES string of the molecule is CN1CCCCC1CCNc1cc(Br)cc(C(F)(F)F)c1. The van der Waals surface area contributed by atoms with E-state index in [9.17, 15) is 13.2 Å². The Morgan fingerprint density at radius 1 is 1.29 bits per heavy atom. The lowest BCUT2D eigenvalue weighted by atomic mass is 10.0. The molecule has 1 aromatic rings. The topological polar surface area (TPSA) is 15.3 Å². The van der Waals surface area contributed by atoms with Crippen LogP contribution in [0.2, 0.25) is 0 Å². The van der Waals surface area contributed by atoms with Gasteiger partial charge in [-0.25, -0.2) is 0 Å². The third-order valence-electron chi connectivity index (χ3n) is 3.95. The maximum absolute atomic E-state index is 12.8. The van der Waals surface area contributed by atoms with Crippen LogP contribution in [0.25, 0.3) is 0 Å². The highest BCUT2D eigenvalue weighted by Gasteiger charge is 2.31. The maximum Gasteiger partial charge on any atom is 0.416 e. The monoisotopic (exact) mass is 364 g/mol. The first-order chi connectivity index (χ1) is 9.86. The molecule has 0 bridgehead atoms. The standard InChI is InChI=1S/C15H20BrF3N2/c1-21-7-3-2-4-14(21)5-6-20-13-9-11(15(17,18)19)8-12(16)10-13/h8-10,14,20H,2-7H2,1H3. The molecule has 1 heterocycles. The van der Waals surface area contributed by atoms with Gasteiger partial charge in [-0.15, -0.1) is 0 Å². The molecule has 1 aromatic carbocycles. The lowest BCUT2D eigenvalue weighted by Gasteiger charge is -2.32. The molecule has 0 saturated carbocycles. The zero-order chi connectivity index (χ0) is 15.5. The lowest BCUT2D eigenvalue weighted by molar-refractivity contribution is -0.137. The molecule has 2 nitrogen and oxygen atoms in total. The minimum atomic E-state index is -4.32. The van der Waals surface area contributed by atoms with Crippen molar-refractivity contribution in [2.75, 3.05) is 25.5 Å².